The van der Waals surface area contributed by atoms with Gasteiger partial charge in [0.1, 0.15) is 0 Å². The first-order valence-electron chi connectivity index (χ1n) is 8.62. The van der Waals surface area contributed by atoms with E-state index in [0.29, 0.717) is 40.4 Å². The van der Waals surface area contributed by atoms with Gasteiger partial charge >= 0.3 is 0 Å². The average Bonchev–Trinajstić information content (AvgIpc) is 3.07. The number of benzene rings is 2. The number of rotatable bonds is 7. The molecule has 3 rings (SSSR count). The van der Waals surface area contributed by atoms with Crippen molar-refractivity contribution >= 4 is 40.7 Å². The van der Waals surface area contributed by atoms with Gasteiger partial charge in [0, 0.05) is 17.1 Å². The summed E-state index contributed by atoms with van der Waals surface area (Å²) in [5, 5.41) is 9.51. The topological polar surface area (TPSA) is 63.5 Å². The van der Waals surface area contributed by atoms with Crippen LogP contribution < -0.4 is 9.47 Å². The lowest BCUT2D eigenvalue weighted by Crippen LogP contribution is -2.31. The Morgan fingerprint density at radius 3 is 2.71 bits per heavy atom. The van der Waals surface area contributed by atoms with Crippen molar-refractivity contribution in [1.29, 1.82) is 0 Å². The van der Waals surface area contributed by atoms with Crippen molar-refractivity contribution in [2.24, 2.45) is 10.2 Å². The van der Waals surface area contributed by atoms with Gasteiger partial charge in [0.2, 0.25) is 5.91 Å². The lowest BCUT2D eigenvalue weighted by Gasteiger charge is -2.16. The third-order valence-electron chi connectivity index (χ3n) is 4.17. The van der Waals surface area contributed by atoms with Crippen LogP contribution in [0.15, 0.2) is 52.7 Å². The van der Waals surface area contributed by atoms with Crippen molar-refractivity contribution in [2.45, 2.75) is 6.42 Å². The Bertz CT molecular complexity index is 917. The zero-order chi connectivity index (χ0) is 19.9. The molecule has 1 saturated heterocycles. The summed E-state index contributed by atoms with van der Waals surface area (Å²) in [7, 11) is 3.20. The molecule has 2 aromatic carbocycles. The van der Waals surface area contributed by atoms with E-state index in [0.717, 1.165) is 11.1 Å². The molecule has 0 atom stereocenters. The molecule has 1 aliphatic rings. The number of thioether (sulfide) groups is 1. The number of amidine groups is 1. The molecule has 0 saturated carbocycles. The van der Waals surface area contributed by atoms with Crippen LogP contribution >= 0.6 is 23.4 Å². The van der Waals surface area contributed by atoms with E-state index in [1.807, 2.05) is 36.4 Å². The molecule has 1 amide bonds. The average molecular weight is 418 g/mol. The second-order valence-corrected chi connectivity index (χ2v) is 7.27. The SMILES string of the molecule is COc1ccc(CCN2C(=O)CSC2=NN=Cc2ccccc2Cl)cc1OC. The molecular weight excluding hydrogens is 398 g/mol. The maximum absolute atomic E-state index is 12.2. The second-order valence-electron chi connectivity index (χ2n) is 5.92. The molecule has 1 aliphatic heterocycles. The van der Waals surface area contributed by atoms with Gasteiger partial charge in [-0.05, 0) is 30.2 Å². The molecule has 0 aromatic heterocycles. The van der Waals surface area contributed by atoms with Gasteiger partial charge in [0.15, 0.2) is 16.7 Å². The highest BCUT2D eigenvalue weighted by Gasteiger charge is 2.28. The van der Waals surface area contributed by atoms with Gasteiger partial charge in [0.25, 0.3) is 0 Å². The van der Waals surface area contributed by atoms with E-state index in [2.05, 4.69) is 10.2 Å². The lowest BCUT2D eigenvalue weighted by atomic mass is 10.1. The van der Waals surface area contributed by atoms with Crippen molar-refractivity contribution in [2.75, 3.05) is 26.5 Å². The lowest BCUT2D eigenvalue weighted by molar-refractivity contribution is -0.124. The molecule has 146 valence electrons. The summed E-state index contributed by atoms with van der Waals surface area (Å²) in [6, 6.07) is 13.1. The van der Waals surface area contributed by atoms with E-state index in [1.165, 1.54) is 11.8 Å². The number of hydrogen-bond donors (Lipinski definition) is 0. The monoisotopic (exact) mass is 417 g/mol. The first kappa shape index (κ1) is 20.2. The van der Waals surface area contributed by atoms with Crippen LogP contribution in [-0.4, -0.2) is 48.7 Å². The zero-order valence-electron chi connectivity index (χ0n) is 15.6. The third-order valence-corrected chi connectivity index (χ3v) is 5.47. The number of ether oxygens (including phenoxy) is 2. The highest BCUT2D eigenvalue weighted by Crippen LogP contribution is 2.28. The van der Waals surface area contributed by atoms with Crippen LogP contribution in [0.5, 0.6) is 11.5 Å². The van der Waals surface area contributed by atoms with Gasteiger partial charge in [-0.1, -0.05) is 47.6 Å². The Balaban J connectivity index is 1.68. The van der Waals surface area contributed by atoms with Crippen molar-refractivity contribution in [3.63, 3.8) is 0 Å². The molecule has 0 radical (unpaired) electrons. The van der Waals surface area contributed by atoms with Gasteiger partial charge in [-0.25, -0.2) is 0 Å². The number of carbonyl (C=O) groups excluding carboxylic acids is 1. The molecule has 1 heterocycles. The van der Waals surface area contributed by atoms with Crippen LogP contribution in [-0.2, 0) is 11.2 Å². The minimum Gasteiger partial charge on any atom is -0.493 e. The number of methoxy groups -OCH3 is 2. The van der Waals surface area contributed by atoms with Crippen molar-refractivity contribution in [3.05, 3.63) is 58.6 Å². The summed E-state index contributed by atoms with van der Waals surface area (Å²) < 4.78 is 10.6. The van der Waals surface area contributed by atoms with E-state index >= 15 is 0 Å². The fourth-order valence-corrected chi connectivity index (χ4v) is 3.74. The molecule has 0 spiro atoms. The zero-order valence-corrected chi connectivity index (χ0v) is 17.2. The largest absolute Gasteiger partial charge is 0.493 e. The van der Waals surface area contributed by atoms with E-state index in [9.17, 15) is 4.79 Å². The number of carbonyl (C=O) groups is 1. The number of halogens is 1. The van der Waals surface area contributed by atoms with Crippen LogP contribution in [0.25, 0.3) is 0 Å². The molecule has 8 heteroatoms. The van der Waals surface area contributed by atoms with Gasteiger partial charge in [-0.2, -0.15) is 5.10 Å². The van der Waals surface area contributed by atoms with Crippen molar-refractivity contribution < 1.29 is 14.3 Å². The van der Waals surface area contributed by atoms with Crippen LogP contribution in [0, 0.1) is 0 Å². The van der Waals surface area contributed by atoms with Crippen molar-refractivity contribution in [3.8, 4) is 11.5 Å². The molecular formula is C20H20ClN3O3S. The Kier molecular flexibility index (Phi) is 6.95. The summed E-state index contributed by atoms with van der Waals surface area (Å²) >= 11 is 7.49. The maximum atomic E-state index is 12.2. The van der Waals surface area contributed by atoms with Gasteiger partial charge in [0.05, 0.1) is 26.2 Å². The summed E-state index contributed by atoms with van der Waals surface area (Å²) in [5.41, 5.74) is 1.82. The van der Waals surface area contributed by atoms with E-state index < -0.39 is 0 Å². The van der Waals surface area contributed by atoms with Crippen LogP contribution in [0.2, 0.25) is 5.02 Å². The second kappa shape index (κ2) is 9.61. The normalized spacial score (nSPS) is 15.6. The highest BCUT2D eigenvalue weighted by molar-refractivity contribution is 8.15. The van der Waals surface area contributed by atoms with E-state index in [-0.39, 0.29) is 5.91 Å². The maximum Gasteiger partial charge on any atom is 0.239 e. The predicted molar refractivity (Wildman–Crippen MR) is 114 cm³/mol. The number of nitrogens with zero attached hydrogens (tertiary/aromatic N) is 3. The smallest absolute Gasteiger partial charge is 0.239 e. The molecule has 2 aromatic rings. The van der Waals surface area contributed by atoms with Crippen LogP contribution in [0.3, 0.4) is 0 Å². The van der Waals surface area contributed by atoms with Crippen LogP contribution in [0.1, 0.15) is 11.1 Å². The quantitative estimate of drug-likeness (QED) is 0.506. The standard InChI is InChI=1S/C20H20ClN3O3S/c1-26-17-8-7-14(11-18(17)27-2)9-10-24-19(25)13-28-20(24)23-22-12-15-5-3-4-6-16(15)21/h3-8,11-12H,9-10,13H2,1-2H3. The Labute approximate surface area is 173 Å². The Morgan fingerprint density at radius 1 is 1.18 bits per heavy atom. The number of amides is 1. The molecule has 0 aliphatic carbocycles. The highest BCUT2D eigenvalue weighted by atomic mass is 35.5. The fraction of sp³-hybridized carbons (Fsp3) is 0.250. The van der Waals surface area contributed by atoms with Crippen LogP contribution in [0.4, 0.5) is 0 Å². The van der Waals surface area contributed by atoms with Gasteiger partial charge < -0.3 is 9.47 Å². The molecule has 1 fully saturated rings. The molecule has 0 unspecified atom stereocenters. The van der Waals surface area contributed by atoms with Gasteiger partial charge in [-0.15, -0.1) is 5.10 Å². The third kappa shape index (κ3) is 4.85. The molecule has 28 heavy (non-hydrogen) atoms. The minimum absolute atomic E-state index is 0.0252. The van der Waals surface area contributed by atoms with E-state index in [1.54, 1.807) is 31.4 Å². The molecule has 0 bridgehead atoms. The summed E-state index contributed by atoms with van der Waals surface area (Å²) in [5.74, 6) is 1.74. The summed E-state index contributed by atoms with van der Waals surface area (Å²) in [6.45, 7) is 0.516. The Morgan fingerprint density at radius 2 is 1.96 bits per heavy atom. The van der Waals surface area contributed by atoms with E-state index in [4.69, 9.17) is 21.1 Å². The first-order valence-corrected chi connectivity index (χ1v) is 9.98. The molecule has 6 nitrogen and oxygen atoms in total. The summed E-state index contributed by atoms with van der Waals surface area (Å²) in [6.07, 6.45) is 2.26. The number of hydrogen-bond acceptors (Lipinski definition) is 6. The fourth-order valence-electron chi connectivity index (χ4n) is 2.69. The molecule has 0 N–H and O–H groups in total. The minimum atomic E-state index is 0.0252. The van der Waals surface area contributed by atoms with Gasteiger partial charge in [-0.3, -0.25) is 9.69 Å². The Hall–Kier alpha value is -2.51. The predicted octanol–water partition coefficient (Wildman–Crippen LogP) is 3.87. The van der Waals surface area contributed by atoms with Crippen molar-refractivity contribution in [1.82, 2.24) is 4.90 Å². The summed E-state index contributed by atoms with van der Waals surface area (Å²) in [4.78, 5) is 13.9. The first-order chi connectivity index (χ1) is 13.6.